The van der Waals surface area contributed by atoms with Crippen molar-refractivity contribution in [2.75, 3.05) is 28.3 Å². The van der Waals surface area contributed by atoms with E-state index >= 15 is 0 Å². The van der Waals surface area contributed by atoms with Crippen molar-refractivity contribution in [3.05, 3.63) is 34.4 Å². The van der Waals surface area contributed by atoms with E-state index in [4.69, 9.17) is 4.74 Å². The van der Waals surface area contributed by atoms with Crippen LogP contribution in [-0.2, 0) is 4.74 Å². The first-order valence-electron chi connectivity index (χ1n) is 7.86. The van der Waals surface area contributed by atoms with Crippen molar-refractivity contribution in [1.29, 1.82) is 0 Å². The molecule has 0 aromatic heterocycles. The van der Waals surface area contributed by atoms with Crippen LogP contribution in [0, 0.1) is 0 Å². The first kappa shape index (κ1) is 23.8. The fraction of sp³-hybridized carbons (Fsp3) is 0.556. The Morgan fingerprint density at radius 2 is 1.78 bits per heavy atom. The zero-order chi connectivity index (χ0) is 18.3. The summed E-state index contributed by atoms with van der Waals surface area (Å²) in [5.74, 6) is 0. The van der Waals surface area contributed by atoms with Gasteiger partial charge in [0.25, 0.3) is 0 Å². The summed E-state index contributed by atoms with van der Waals surface area (Å²) in [6.45, 7) is 10.2. The third-order valence-corrected chi connectivity index (χ3v) is 3.96. The lowest BCUT2D eigenvalue weighted by Gasteiger charge is -2.14. The molecular weight excluding hydrogens is 306 g/mol. The van der Waals surface area contributed by atoms with E-state index < -0.39 is 0 Å². The molecule has 1 N–H and O–H groups in total. The van der Waals surface area contributed by atoms with Crippen molar-refractivity contribution in [1.82, 2.24) is 5.32 Å². The summed E-state index contributed by atoms with van der Waals surface area (Å²) in [5, 5.41) is 5.87. The molecule has 0 aromatic rings. The van der Waals surface area contributed by atoms with Crippen LogP contribution in [0.2, 0.25) is 0 Å². The van der Waals surface area contributed by atoms with Crippen molar-refractivity contribution in [3.8, 4) is 0 Å². The van der Waals surface area contributed by atoms with Crippen molar-refractivity contribution in [2.45, 2.75) is 41.0 Å². The van der Waals surface area contributed by atoms with Gasteiger partial charge >= 0.3 is 0 Å². The van der Waals surface area contributed by atoms with Crippen LogP contribution in [0.5, 0.6) is 0 Å². The van der Waals surface area contributed by atoms with E-state index in [9.17, 15) is 0 Å². The van der Waals surface area contributed by atoms with Gasteiger partial charge in [0.05, 0.1) is 7.11 Å². The summed E-state index contributed by atoms with van der Waals surface area (Å²) in [7, 11) is 7.09. The summed E-state index contributed by atoms with van der Waals surface area (Å²) in [5.41, 5.74) is 4.58. The average molecular weight is 340 g/mol. The Balaban J connectivity index is 0. The number of rotatable bonds is 6. The van der Waals surface area contributed by atoms with Crippen LogP contribution < -0.4 is 5.32 Å². The predicted molar refractivity (Wildman–Crippen MR) is 108 cm³/mol. The summed E-state index contributed by atoms with van der Waals surface area (Å²) in [6.07, 6.45) is 5.08. The highest BCUT2D eigenvalue weighted by molar-refractivity contribution is 8.16. The van der Waals surface area contributed by atoms with Gasteiger partial charge < -0.3 is 10.1 Å². The van der Waals surface area contributed by atoms with Gasteiger partial charge in [0.2, 0.25) is 5.23 Å². The Hall–Kier alpha value is -1.49. The highest BCUT2D eigenvalue weighted by Gasteiger charge is 2.10. The Kier molecular flexibility index (Phi) is 15.9. The molecule has 0 rings (SSSR count). The number of nitrogens with one attached hydrogen (secondary N) is 1. The minimum Gasteiger partial charge on any atom is -0.476 e. The molecule has 0 fully saturated rings. The lowest BCUT2D eigenvalue weighted by Crippen LogP contribution is -2.12. The zero-order valence-corrected chi connectivity index (χ0v) is 17.0. The number of thioether (sulfide) groups is 1. The van der Waals surface area contributed by atoms with E-state index in [0.29, 0.717) is 5.23 Å². The van der Waals surface area contributed by atoms with Crippen LogP contribution in [0.4, 0.5) is 0 Å². The van der Waals surface area contributed by atoms with Gasteiger partial charge in [-0.25, -0.2) is 4.99 Å². The van der Waals surface area contributed by atoms with Gasteiger partial charge in [0.15, 0.2) is 0 Å². The number of hydrogen-bond acceptors (Lipinski definition) is 5. The quantitative estimate of drug-likeness (QED) is 0.429. The molecule has 23 heavy (non-hydrogen) atoms. The third kappa shape index (κ3) is 9.29. The minimum absolute atomic E-state index is 0.654. The maximum absolute atomic E-state index is 5.10. The van der Waals surface area contributed by atoms with Crippen LogP contribution in [0.1, 0.15) is 41.0 Å². The van der Waals surface area contributed by atoms with Crippen molar-refractivity contribution in [3.63, 3.8) is 0 Å². The highest BCUT2D eigenvalue weighted by atomic mass is 32.2. The molecule has 4 nitrogen and oxygen atoms in total. The molecule has 0 unspecified atom stereocenters. The molecule has 5 heteroatoms. The number of hydrogen-bond donors (Lipinski definition) is 1. The number of allylic oxidation sites excluding steroid dienone is 5. The predicted octanol–water partition coefficient (Wildman–Crippen LogP) is 4.81. The van der Waals surface area contributed by atoms with Gasteiger partial charge in [-0.05, 0) is 49.9 Å². The van der Waals surface area contributed by atoms with Gasteiger partial charge in [-0.15, -0.1) is 0 Å². The van der Waals surface area contributed by atoms with Crippen molar-refractivity contribution < 1.29 is 4.74 Å². The topological polar surface area (TPSA) is 46.0 Å². The van der Waals surface area contributed by atoms with Crippen molar-refractivity contribution in [2.24, 2.45) is 9.98 Å². The van der Waals surface area contributed by atoms with Crippen LogP contribution in [-0.4, -0.2) is 39.2 Å². The van der Waals surface area contributed by atoms with E-state index in [-0.39, 0.29) is 0 Å². The maximum atomic E-state index is 5.10. The average Bonchev–Trinajstić information content (AvgIpc) is 2.61. The molecule has 0 radical (unpaired) electrons. The van der Waals surface area contributed by atoms with E-state index in [1.807, 2.05) is 40.3 Å². The number of nitrogens with zero attached hydrogens (tertiary/aromatic N) is 2. The molecule has 0 heterocycles. The fourth-order valence-electron chi connectivity index (χ4n) is 1.82. The van der Waals surface area contributed by atoms with Crippen LogP contribution in [0.25, 0.3) is 0 Å². The van der Waals surface area contributed by atoms with Crippen LogP contribution in [0.15, 0.2) is 44.4 Å². The minimum atomic E-state index is 0.654. The first-order valence-corrected chi connectivity index (χ1v) is 8.73. The Bertz CT molecular complexity index is 475. The molecule has 132 valence electrons. The van der Waals surface area contributed by atoms with Gasteiger partial charge in [-0.3, -0.25) is 4.99 Å². The van der Waals surface area contributed by atoms with Crippen LogP contribution >= 0.6 is 11.8 Å². The third-order valence-electron chi connectivity index (χ3n) is 3.08. The van der Waals surface area contributed by atoms with Crippen LogP contribution in [0.3, 0.4) is 0 Å². The van der Waals surface area contributed by atoms with E-state index in [1.54, 1.807) is 14.2 Å². The van der Waals surface area contributed by atoms with E-state index in [0.717, 1.165) is 17.8 Å². The molecule has 0 atom stereocenters. The van der Waals surface area contributed by atoms with Crippen molar-refractivity contribution >= 4 is 22.7 Å². The van der Waals surface area contributed by atoms with Gasteiger partial charge in [-0.1, -0.05) is 26.0 Å². The molecular formula is C18H33N3OS. The Morgan fingerprint density at radius 1 is 1.17 bits per heavy atom. The summed E-state index contributed by atoms with van der Waals surface area (Å²) in [4.78, 5) is 8.33. The van der Waals surface area contributed by atoms with Gasteiger partial charge in [0, 0.05) is 38.1 Å². The van der Waals surface area contributed by atoms with E-state index in [1.165, 1.54) is 22.9 Å². The summed E-state index contributed by atoms with van der Waals surface area (Å²) >= 11 is 1.47. The fourth-order valence-corrected chi connectivity index (χ4v) is 2.33. The molecule has 0 aliphatic carbocycles. The lowest BCUT2D eigenvalue weighted by atomic mass is 9.97. The Labute approximate surface area is 146 Å². The normalized spacial score (nSPS) is 14.2. The lowest BCUT2D eigenvalue weighted by molar-refractivity contribution is 0.415. The van der Waals surface area contributed by atoms with Gasteiger partial charge in [-0.2, -0.15) is 0 Å². The van der Waals surface area contributed by atoms with Gasteiger partial charge in [0.1, 0.15) is 0 Å². The molecule has 0 aliphatic heterocycles. The smallest absolute Gasteiger partial charge is 0.249 e. The number of ether oxygens (including phenoxy) is 1. The molecule has 0 aromatic carbocycles. The second-order valence-corrected chi connectivity index (χ2v) is 5.12. The molecule has 0 spiro atoms. The largest absolute Gasteiger partial charge is 0.476 e. The molecule has 0 saturated carbocycles. The maximum Gasteiger partial charge on any atom is 0.249 e. The SMILES string of the molecule is C/C=C(C/C=C/SC(=NC)OC)\C(C(C)=NC)=C(/C)NC.CC. The number of aliphatic imine (C=N–C) groups is 2. The summed E-state index contributed by atoms with van der Waals surface area (Å²) in [6, 6.07) is 0. The second kappa shape index (κ2) is 15.4. The van der Waals surface area contributed by atoms with E-state index in [2.05, 4.69) is 41.3 Å². The zero-order valence-electron chi connectivity index (χ0n) is 16.2. The highest BCUT2D eigenvalue weighted by Crippen LogP contribution is 2.20. The molecule has 0 amide bonds. The first-order chi connectivity index (χ1) is 11.0. The number of methoxy groups -OCH3 is 1. The monoisotopic (exact) mass is 339 g/mol. The standard InChI is InChI=1S/C16H27N3OS.C2H6/c1-8-14(10-9-11-21-16(19-6)20-7)15(12(2)17-4)13(3)18-5;1-2/h8-9,11,17H,10H2,1-7H3;1-2H3/b11-9+,14-8-,15-12+,18-13?,19-16?;. The summed E-state index contributed by atoms with van der Waals surface area (Å²) < 4.78 is 5.10. The second-order valence-electron chi connectivity index (χ2n) is 4.26. The Morgan fingerprint density at radius 3 is 2.17 bits per heavy atom. The molecule has 0 aliphatic rings. The molecule has 0 bridgehead atoms. The molecule has 0 saturated heterocycles.